The minimum absolute atomic E-state index is 0.0796. The van der Waals surface area contributed by atoms with Crippen LogP contribution in [-0.4, -0.2) is 50.3 Å². The highest BCUT2D eigenvalue weighted by Crippen LogP contribution is 2.38. The van der Waals surface area contributed by atoms with Gasteiger partial charge in [0.2, 0.25) is 10.0 Å². The molecule has 0 spiro atoms. The van der Waals surface area contributed by atoms with E-state index in [-0.39, 0.29) is 18.9 Å². The average molecular weight is 574 g/mol. The molecule has 2 aliphatic rings. The second kappa shape index (κ2) is 10.6. The minimum Gasteiger partial charge on any atom is -0.481 e. The summed E-state index contributed by atoms with van der Waals surface area (Å²) in [6, 6.07) is 11.5. The fraction of sp³-hybridized carbons (Fsp3) is 0.419. The van der Waals surface area contributed by atoms with Crippen molar-refractivity contribution < 1.29 is 18.3 Å². The standard InChI is InChI=1S/C31H35N5O4S/c1-4-20-13-27-29(9-6-12-32-27)41(39,40)36(17-20)18-23-15-22(14-21-7-5-8-25(21)23)26(16-30(37)38)24-10-11-28-31(19(24)2)33-34-35(28)3/h6,9-12,14-15,20,26H,4-5,7-8,13,16-18H2,1-3H3,(H,37,38)/t20-,26-/m1/s1. The van der Waals surface area contributed by atoms with Gasteiger partial charge in [0.05, 0.1) is 17.6 Å². The van der Waals surface area contributed by atoms with E-state index in [1.807, 2.05) is 26.1 Å². The maximum atomic E-state index is 13.9. The fourth-order valence-corrected chi connectivity index (χ4v) is 8.34. The number of carboxylic acids is 1. The number of sulfonamides is 1. The molecule has 0 saturated carbocycles. The van der Waals surface area contributed by atoms with Crippen molar-refractivity contribution >= 4 is 27.0 Å². The summed E-state index contributed by atoms with van der Waals surface area (Å²) in [6.07, 6.45) is 5.85. The number of nitrogens with zero attached hydrogens (tertiary/aromatic N) is 5. The van der Waals surface area contributed by atoms with Crippen LogP contribution in [0.3, 0.4) is 0 Å². The van der Waals surface area contributed by atoms with Gasteiger partial charge in [0.25, 0.3) is 0 Å². The van der Waals surface area contributed by atoms with Gasteiger partial charge in [-0.1, -0.05) is 36.8 Å². The van der Waals surface area contributed by atoms with Gasteiger partial charge >= 0.3 is 5.97 Å². The molecular formula is C31H35N5O4S. The molecule has 10 heteroatoms. The van der Waals surface area contributed by atoms with Crippen LogP contribution in [0, 0.1) is 12.8 Å². The fourth-order valence-electron chi connectivity index (χ4n) is 6.66. The van der Waals surface area contributed by atoms with E-state index in [2.05, 4.69) is 34.4 Å². The molecule has 9 nitrogen and oxygen atoms in total. The first-order chi connectivity index (χ1) is 19.7. The van der Waals surface area contributed by atoms with Gasteiger partial charge in [-0.3, -0.25) is 9.78 Å². The number of fused-ring (bicyclic) bond motifs is 3. The van der Waals surface area contributed by atoms with Crippen LogP contribution >= 0.6 is 0 Å². The normalized spacial score (nSPS) is 19.0. The predicted octanol–water partition coefficient (Wildman–Crippen LogP) is 4.54. The number of hydrogen-bond acceptors (Lipinski definition) is 6. The molecule has 2 atom stereocenters. The van der Waals surface area contributed by atoms with Crippen LogP contribution in [-0.2, 0) is 47.7 Å². The van der Waals surface area contributed by atoms with Crippen LogP contribution < -0.4 is 0 Å². The number of carbonyl (C=O) groups is 1. The summed E-state index contributed by atoms with van der Waals surface area (Å²) in [4.78, 5) is 16.9. The molecule has 0 saturated heterocycles. The monoisotopic (exact) mass is 573 g/mol. The Hall–Kier alpha value is -3.63. The molecule has 0 unspecified atom stereocenters. The summed E-state index contributed by atoms with van der Waals surface area (Å²) in [5.74, 6) is -1.13. The Morgan fingerprint density at radius 3 is 2.80 bits per heavy atom. The van der Waals surface area contributed by atoms with Crippen molar-refractivity contribution in [3.05, 3.63) is 81.7 Å². The van der Waals surface area contributed by atoms with E-state index in [1.165, 1.54) is 11.1 Å². The van der Waals surface area contributed by atoms with Crippen molar-refractivity contribution in [2.24, 2.45) is 13.0 Å². The second-order valence-electron chi connectivity index (χ2n) is 11.4. The van der Waals surface area contributed by atoms with Crippen LogP contribution in [0.5, 0.6) is 0 Å². The Kier molecular flexibility index (Phi) is 7.15. The van der Waals surface area contributed by atoms with E-state index >= 15 is 0 Å². The van der Waals surface area contributed by atoms with Crippen LogP contribution in [0.1, 0.15) is 71.2 Å². The van der Waals surface area contributed by atoms with Gasteiger partial charge < -0.3 is 5.11 Å². The highest BCUT2D eigenvalue weighted by atomic mass is 32.2. The number of aryl methyl sites for hydroxylation is 3. The van der Waals surface area contributed by atoms with E-state index in [9.17, 15) is 18.3 Å². The van der Waals surface area contributed by atoms with Crippen LogP contribution in [0.4, 0.5) is 0 Å². The zero-order valence-corrected chi connectivity index (χ0v) is 24.5. The second-order valence-corrected chi connectivity index (χ2v) is 13.3. The van der Waals surface area contributed by atoms with Gasteiger partial charge in [0.15, 0.2) is 0 Å². The predicted molar refractivity (Wildman–Crippen MR) is 155 cm³/mol. The van der Waals surface area contributed by atoms with Crippen LogP contribution in [0.25, 0.3) is 11.0 Å². The van der Waals surface area contributed by atoms with Gasteiger partial charge in [0, 0.05) is 32.3 Å². The molecule has 1 aliphatic carbocycles. The van der Waals surface area contributed by atoms with Crippen molar-refractivity contribution in [3.63, 3.8) is 0 Å². The largest absolute Gasteiger partial charge is 0.481 e. The number of rotatable bonds is 7. The zero-order chi connectivity index (χ0) is 28.9. The van der Waals surface area contributed by atoms with Crippen molar-refractivity contribution in [1.82, 2.24) is 24.3 Å². The number of aromatic nitrogens is 4. The van der Waals surface area contributed by atoms with Gasteiger partial charge in [0.1, 0.15) is 10.4 Å². The average Bonchev–Trinajstić information content (AvgIpc) is 3.56. The van der Waals surface area contributed by atoms with Gasteiger partial charge in [-0.25, -0.2) is 13.1 Å². The molecule has 0 radical (unpaired) electrons. The summed E-state index contributed by atoms with van der Waals surface area (Å²) < 4.78 is 31.2. The SMILES string of the molecule is CC[C@@H]1Cc2ncccc2S(=O)(=O)N(Cc2cc([C@@H](CC(=O)O)c3ccc4c(nnn4C)c3C)cc3c2CCC3)C1. The van der Waals surface area contributed by atoms with E-state index < -0.39 is 21.9 Å². The molecule has 1 aliphatic heterocycles. The molecule has 6 rings (SSSR count). The van der Waals surface area contributed by atoms with E-state index in [4.69, 9.17) is 0 Å². The molecule has 214 valence electrons. The molecule has 0 bridgehead atoms. The maximum absolute atomic E-state index is 13.9. The Labute approximate surface area is 240 Å². The lowest BCUT2D eigenvalue weighted by Gasteiger charge is -2.26. The quantitative estimate of drug-likeness (QED) is 0.345. The van der Waals surface area contributed by atoms with E-state index in [0.717, 1.165) is 59.0 Å². The van der Waals surface area contributed by atoms with Crippen LogP contribution in [0.2, 0.25) is 0 Å². The summed E-state index contributed by atoms with van der Waals surface area (Å²) in [6.45, 7) is 4.74. The first-order valence-corrected chi connectivity index (χ1v) is 15.7. The lowest BCUT2D eigenvalue weighted by Crippen LogP contribution is -2.33. The summed E-state index contributed by atoms with van der Waals surface area (Å²) >= 11 is 0. The molecule has 2 aromatic carbocycles. The maximum Gasteiger partial charge on any atom is 0.304 e. The number of carboxylic acid groups (broad SMARTS) is 1. The van der Waals surface area contributed by atoms with Gasteiger partial charge in [-0.15, -0.1) is 5.10 Å². The first kappa shape index (κ1) is 27.5. The first-order valence-electron chi connectivity index (χ1n) is 14.3. The minimum atomic E-state index is -3.75. The smallest absolute Gasteiger partial charge is 0.304 e. The lowest BCUT2D eigenvalue weighted by atomic mass is 9.83. The van der Waals surface area contributed by atoms with Crippen molar-refractivity contribution in [1.29, 1.82) is 0 Å². The zero-order valence-electron chi connectivity index (χ0n) is 23.7. The molecule has 1 N–H and O–H groups in total. The molecular weight excluding hydrogens is 538 g/mol. The van der Waals surface area contributed by atoms with Gasteiger partial charge in [-0.2, -0.15) is 4.31 Å². The van der Waals surface area contributed by atoms with Crippen LogP contribution in [0.15, 0.2) is 47.5 Å². The Morgan fingerprint density at radius 2 is 2.02 bits per heavy atom. The van der Waals surface area contributed by atoms with E-state index in [1.54, 1.807) is 27.3 Å². The Bertz CT molecular complexity index is 1760. The third-order valence-electron chi connectivity index (χ3n) is 8.90. The van der Waals surface area contributed by atoms with Crippen molar-refractivity contribution in [2.45, 2.75) is 69.7 Å². The van der Waals surface area contributed by atoms with Crippen molar-refractivity contribution in [3.8, 4) is 0 Å². The molecule has 41 heavy (non-hydrogen) atoms. The summed E-state index contributed by atoms with van der Waals surface area (Å²) in [5, 5.41) is 18.4. The number of pyridine rings is 1. The molecule has 0 amide bonds. The summed E-state index contributed by atoms with van der Waals surface area (Å²) in [7, 11) is -1.91. The Balaban J connectivity index is 1.45. The van der Waals surface area contributed by atoms with E-state index in [0.29, 0.717) is 23.6 Å². The third kappa shape index (κ3) is 4.93. The topological polar surface area (TPSA) is 118 Å². The molecule has 0 fully saturated rings. The molecule has 4 aromatic rings. The highest BCUT2D eigenvalue weighted by Gasteiger charge is 2.35. The number of hydrogen-bond donors (Lipinski definition) is 1. The van der Waals surface area contributed by atoms with Gasteiger partial charge in [-0.05, 0) is 90.1 Å². The molecule has 2 aromatic heterocycles. The molecule has 3 heterocycles. The highest BCUT2D eigenvalue weighted by molar-refractivity contribution is 7.89. The van der Waals surface area contributed by atoms with Crippen molar-refractivity contribution in [2.75, 3.05) is 6.54 Å². The number of aliphatic carboxylic acids is 1. The Morgan fingerprint density at radius 1 is 1.20 bits per heavy atom. The third-order valence-corrected chi connectivity index (χ3v) is 10.8. The summed E-state index contributed by atoms with van der Waals surface area (Å²) in [5.41, 5.74) is 8.35. The lowest BCUT2D eigenvalue weighted by molar-refractivity contribution is -0.137. The number of benzene rings is 2.